The molecule has 2 aliphatic rings. The van der Waals surface area contributed by atoms with E-state index < -0.39 is 0 Å². The summed E-state index contributed by atoms with van der Waals surface area (Å²) in [5.74, 6) is 3.20. The zero-order chi connectivity index (χ0) is 12.5. The lowest BCUT2D eigenvalue weighted by molar-refractivity contribution is 0.349. The summed E-state index contributed by atoms with van der Waals surface area (Å²) in [6.07, 6.45) is 2.09. The van der Waals surface area contributed by atoms with E-state index in [0.29, 0.717) is 12.0 Å². The zero-order valence-corrected chi connectivity index (χ0v) is 11.0. The number of nitrogens with zero attached hydrogens (tertiary/aromatic N) is 2. The molecule has 0 radical (unpaired) electrons. The topological polar surface area (TPSA) is 59.1 Å². The van der Waals surface area contributed by atoms with Crippen molar-refractivity contribution in [2.45, 2.75) is 32.7 Å². The van der Waals surface area contributed by atoms with Gasteiger partial charge in [0.15, 0.2) is 11.6 Å². The van der Waals surface area contributed by atoms with Crippen LogP contribution < -0.4 is 15.4 Å². The van der Waals surface area contributed by atoms with Gasteiger partial charge in [0.2, 0.25) is 0 Å². The minimum Gasteiger partial charge on any atom is -0.487 e. The van der Waals surface area contributed by atoms with E-state index >= 15 is 0 Å². The van der Waals surface area contributed by atoms with E-state index in [2.05, 4.69) is 27.5 Å². The van der Waals surface area contributed by atoms with Gasteiger partial charge in [0.1, 0.15) is 5.82 Å². The maximum atomic E-state index is 5.65. The van der Waals surface area contributed by atoms with Crippen molar-refractivity contribution in [1.82, 2.24) is 15.3 Å². The van der Waals surface area contributed by atoms with Crippen molar-refractivity contribution in [3.05, 3.63) is 11.5 Å². The molecule has 3 rings (SSSR count). The highest BCUT2D eigenvalue weighted by Gasteiger charge is 2.25. The molecule has 0 aromatic carbocycles. The summed E-state index contributed by atoms with van der Waals surface area (Å²) in [4.78, 5) is 8.93. The molecule has 0 saturated carbocycles. The number of rotatable bonds is 2. The van der Waals surface area contributed by atoms with Crippen LogP contribution in [0.15, 0.2) is 0 Å². The van der Waals surface area contributed by atoms with Crippen LogP contribution in [0.4, 0.5) is 5.82 Å². The highest BCUT2D eigenvalue weighted by atomic mass is 16.5. The van der Waals surface area contributed by atoms with Crippen molar-refractivity contribution in [2.75, 3.05) is 25.0 Å². The van der Waals surface area contributed by atoms with Gasteiger partial charge < -0.3 is 15.4 Å². The summed E-state index contributed by atoms with van der Waals surface area (Å²) in [6, 6.07) is 0.418. The van der Waals surface area contributed by atoms with Gasteiger partial charge in [-0.25, -0.2) is 9.97 Å². The van der Waals surface area contributed by atoms with E-state index in [4.69, 9.17) is 4.74 Å². The first kappa shape index (κ1) is 11.7. The Hall–Kier alpha value is -1.36. The number of aromatic nitrogens is 2. The molecule has 1 aromatic rings. The molecule has 1 saturated heterocycles. The molecular weight excluding hydrogens is 228 g/mol. The lowest BCUT2D eigenvalue weighted by Gasteiger charge is -2.31. The largest absolute Gasteiger partial charge is 0.487 e. The second-order valence-corrected chi connectivity index (χ2v) is 5.21. The maximum Gasteiger partial charge on any atom is 0.183 e. The van der Waals surface area contributed by atoms with Crippen LogP contribution in [0.5, 0.6) is 5.75 Å². The molecule has 1 aromatic heterocycles. The first-order valence-electron chi connectivity index (χ1n) is 6.71. The normalized spacial score (nSPS) is 26.6. The van der Waals surface area contributed by atoms with Crippen LogP contribution >= 0.6 is 0 Å². The van der Waals surface area contributed by atoms with Crippen molar-refractivity contribution in [1.29, 1.82) is 0 Å². The SMILES string of the molecule is Cc1nc2c(c(N[C@H]3CNCC[C@H]3C)n1)OCC2. The number of ether oxygens (including phenoxy) is 1. The molecule has 5 nitrogen and oxygen atoms in total. The molecule has 98 valence electrons. The van der Waals surface area contributed by atoms with Gasteiger partial charge in [-0.1, -0.05) is 6.92 Å². The fraction of sp³-hybridized carbons (Fsp3) is 0.692. The minimum absolute atomic E-state index is 0.418. The van der Waals surface area contributed by atoms with Crippen molar-refractivity contribution in [2.24, 2.45) is 5.92 Å². The van der Waals surface area contributed by atoms with Crippen molar-refractivity contribution < 1.29 is 4.74 Å². The van der Waals surface area contributed by atoms with Crippen LogP contribution in [-0.2, 0) is 6.42 Å². The van der Waals surface area contributed by atoms with E-state index in [1.807, 2.05) is 6.92 Å². The Kier molecular flexibility index (Phi) is 3.07. The molecule has 0 bridgehead atoms. The highest BCUT2D eigenvalue weighted by molar-refractivity contribution is 5.55. The molecule has 0 amide bonds. The van der Waals surface area contributed by atoms with Crippen LogP contribution in [0.25, 0.3) is 0 Å². The van der Waals surface area contributed by atoms with E-state index in [9.17, 15) is 0 Å². The van der Waals surface area contributed by atoms with Gasteiger partial charge in [0.25, 0.3) is 0 Å². The van der Waals surface area contributed by atoms with Gasteiger partial charge in [0, 0.05) is 19.0 Å². The monoisotopic (exact) mass is 248 g/mol. The van der Waals surface area contributed by atoms with Crippen LogP contribution in [0.3, 0.4) is 0 Å². The van der Waals surface area contributed by atoms with Crippen LogP contribution in [0, 0.1) is 12.8 Å². The lowest BCUT2D eigenvalue weighted by Crippen LogP contribution is -2.44. The van der Waals surface area contributed by atoms with Gasteiger partial charge in [-0.3, -0.25) is 0 Å². The third-order valence-electron chi connectivity index (χ3n) is 3.78. The molecule has 2 aliphatic heterocycles. The van der Waals surface area contributed by atoms with E-state index in [0.717, 1.165) is 49.2 Å². The highest BCUT2D eigenvalue weighted by Crippen LogP contribution is 2.32. The molecular formula is C13H20N4O. The molecule has 18 heavy (non-hydrogen) atoms. The van der Waals surface area contributed by atoms with E-state index in [-0.39, 0.29) is 0 Å². The summed E-state index contributed by atoms with van der Waals surface area (Å²) in [6.45, 7) is 7.04. The molecule has 5 heteroatoms. The Morgan fingerprint density at radius 2 is 2.28 bits per heavy atom. The van der Waals surface area contributed by atoms with E-state index in [1.54, 1.807) is 0 Å². The van der Waals surface area contributed by atoms with Crippen molar-refractivity contribution >= 4 is 5.82 Å². The van der Waals surface area contributed by atoms with Crippen molar-refractivity contribution in [3.8, 4) is 5.75 Å². The summed E-state index contributed by atoms with van der Waals surface area (Å²) < 4.78 is 5.65. The van der Waals surface area contributed by atoms with Crippen molar-refractivity contribution in [3.63, 3.8) is 0 Å². The van der Waals surface area contributed by atoms with Gasteiger partial charge in [0.05, 0.1) is 12.3 Å². The number of hydrogen-bond donors (Lipinski definition) is 2. The Labute approximate surface area is 107 Å². The zero-order valence-electron chi connectivity index (χ0n) is 11.0. The number of nitrogens with one attached hydrogen (secondary N) is 2. The Balaban J connectivity index is 1.84. The van der Waals surface area contributed by atoms with E-state index in [1.165, 1.54) is 6.42 Å². The molecule has 0 unspecified atom stereocenters. The number of anilines is 1. The first-order valence-corrected chi connectivity index (χ1v) is 6.71. The predicted octanol–water partition coefficient (Wildman–Crippen LogP) is 1.13. The molecule has 2 N–H and O–H groups in total. The van der Waals surface area contributed by atoms with Gasteiger partial charge in [-0.2, -0.15) is 0 Å². The molecule has 0 spiro atoms. The summed E-state index contributed by atoms with van der Waals surface area (Å²) >= 11 is 0. The Morgan fingerprint density at radius 3 is 3.11 bits per heavy atom. The smallest absolute Gasteiger partial charge is 0.183 e. The molecule has 2 atom stereocenters. The molecule has 3 heterocycles. The van der Waals surface area contributed by atoms with Crippen LogP contribution in [0.1, 0.15) is 24.9 Å². The average molecular weight is 248 g/mol. The summed E-state index contributed by atoms with van der Waals surface area (Å²) in [5, 5.41) is 6.95. The molecule has 0 aliphatic carbocycles. The number of fused-ring (bicyclic) bond motifs is 1. The summed E-state index contributed by atoms with van der Waals surface area (Å²) in [5.41, 5.74) is 1.04. The third-order valence-corrected chi connectivity index (χ3v) is 3.78. The van der Waals surface area contributed by atoms with Gasteiger partial charge in [-0.15, -0.1) is 0 Å². The maximum absolute atomic E-state index is 5.65. The number of hydrogen-bond acceptors (Lipinski definition) is 5. The third kappa shape index (κ3) is 2.14. The molecule has 1 fully saturated rings. The first-order chi connectivity index (χ1) is 8.74. The number of piperidine rings is 1. The standard InChI is InChI=1S/C13H20N4O/c1-8-3-5-14-7-11(8)17-13-12-10(4-6-18-12)15-9(2)16-13/h8,11,14H,3-7H2,1-2H3,(H,15,16,17)/t8-,11+/m1/s1. The van der Waals surface area contributed by atoms with Gasteiger partial charge >= 0.3 is 0 Å². The quantitative estimate of drug-likeness (QED) is 0.821. The predicted molar refractivity (Wildman–Crippen MR) is 70.0 cm³/mol. The van der Waals surface area contributed by atoms with Crippen LogP contribution in [-0.4, -0.2) is 35.7 Å². The van der Waals surface area contributed by atoms with Crippen LogP contribution in [0.2, 0.25) is 0 Å². The Morgan fingerprint density at radius 1 is 1.39 bits per heavy atom. The fourth-order valence-corrected chi connectivity index (χ4v) is 2.65. The summed E-state index contributed by atoms with van der Waals surface area (Å²) in [7, 11) is 0. The fourth-order valence-electron chi connectivity index (χ4n) is 2.65. The Bertz CT molecular complexity index is 449. The minimum atomic E-state index is 0.418. The number of aryl methyl sites for hydroxylation is 1. The average Bonchev–Trinajstić information content (AvgIpc) is 2.80. The second kappa shape index (κ2) is 4.72. The lowest BCUT2D eigenvalue weighted by atomic mass is 9.95. The van der Waals surface area contributed by atoms with Gasteiger partial charge in [-0.05, 0) is 25.8 Å². The second-order valence-electron chi connectivity index (χ2n) is 5.21.